The number of nitrogens with one attached hydrogen (secondary N) is 1. The zero-order chi connectivity index (χ0) is 18.7. The van der Waals surface area contributed by atoms with Crippen LogP contribution < -0.4 is 15.2 Å². The van der Waals surface area contributed by atoms with Crippen molar-refractivity contribution in [1.29, 1.82) is 0 Å². The van der Waals surface area contributed by atoms with E-state index >= 15 is 0 Å². The first-order valence-corrected chi connectivity index (χ1v) is 8.97. The van der Waals surface area contributed by atoms with Crippen LogP contribution in [-0.2, 0) is 0 Å². The number of carbonyl (C=O) groups excluding carboxylic acids is 1. The molecule has 0 spiro atoms. The lowest BCUT2D eigenvalue weighted by atomic mass is 10.1. The number of rotatable bonds is 4. The van der Waals surface area contributed by atoms with Crippen molar-refractivity contribution >= 4 is 11.6 Å². The van der Waals surface area contributed by atoms with Crippen LogP contribution in [0.4, 0.5) is 5.69 Å². The standard InChI is InChI=1S/C20H25N3O3/c1-4-26-18-8-6-5-7-17(18)22-9-11-23(12-10-22)20(25)16-13-14(2)15(3)21-19(16)24/h5-8,13H,4,9-12H2,1-3H3,(H,21,24). The fourth-order valence-corrected chi connectivity index (χ4v) is 3.20. The molecule has 0 aliphatic carbocycles. The summed E-state index contributed by atoms with van der Waals surface area (Å²) in [5.74, 6) is 0.660. The molecule has 6 nitrogen and oxygen atoms in total. The first-order chi connectivity index (χ1) is 12.5. The van der Waals surface area contributed by atoms with E-state index in [0.29, 0.717) is 32.8 Å². The van der Waals surface area contributed by atoms with Crippen LogP contribution in [0.2, 0.25) is 0 Å². The van der Waals surface area contributed by atoms with E-state index in [1.165, 1.54) is 0 Å². The van der Waals surface area contributed by atoms with E-state index in [4.69, 9.17) is 4.74 Å². The summed E-state index contributed by atoms with van der Waals surface area (Å²) < 4.78 is 5.71. The van der Waals surface area contributed by atoms with Gasteiger partial charge in [0.2, 0.25) is 0 Å². The maximum Gasteiger partial charge on any atom is 0.261 e. The van der Waals surface area contributed by atoms with Gasteiger partial charge in [0.25, 0.3) is 11.5 Å². The molecule has 0 bridgehead atoms. The molecule has 1 fully saturated rings. The number of ether oxygens (including phenoxy) is 1. The van der Waals surface area contributed by atoms with Gasteiger partial charge in [0, 0.05) is 31.9 Å². The minimum absolute atomic E-state index is 0.202. The number of H-pyrrole nitrogens is 1. The van der Waals surface area contributed by atoms with E-state index in [1.54, 1.807) is 11.0 Å². The number of para-hydroxylation sites is 2. The summed E-state index contributed by atoms with van der Waals surface area (Å²) in [5, 5.41) is 0. The fourth-order valence-electron chi connectivity index (χ4n) is 3.20. The van der Waals surface area contributed by atoms with Gasteiger partial charge in [-0.2, -0.15) is 0 Å². The smallest absolute Gasteiger partial charge is 0.261 e. The summed E-state index contributed by atoms with van der Waals surface area (Å²) in [4.78, 5) is 31.6. The van der Waals surface area contributed by atoms with Gasteiger partial charge in [-0.25, -0.2) is 0 Å². The third kappa shape index (κ3) is 3.59. The van der Waals surface area contributed by atoms with Gasteiger partial charge >= 0.3 is 0 Å². The normalized spacial score (nSPS) is 14.4. The van der Waals surface area contributed by atoms with Crippen LogP contribution >= 0.6 is 0 Å². The second-order valence-electron chi connectivity index (χ2n) is 6.50. The zero-order valence-electron chi connectivity index (χ0n) is 15.5. The highest BCUT2D eigenvalue weighted by molar-refractivity contribution is 5.94. The number of aryl methyl sites for hydroxylation is 2. The molecule has 0 radical (unpaired) electrons. The Labute approximate surface area is 153 Å². The van der Waals surface area contributed by atoms with Crippen LogP contribution in [0.25, 0.3) is 0 Å². The molecule has 1 saturated heterocycles. The lowest BCUT2D eigenvalue weighted by Gasteiger charge is -2.36. The van der Waals surface area contributed by atoms with Crippen molar-refractivity contribution in [3.8, 4) is 5.75 Å². The quantitative estimate of drug-likeness (QED) is 0.914. The maximum absolute atomic E-state index is 12.8. The first-order valence-electron chi connectivity index (χ1n) is 8.97. The van der Waals surface area contributed by atoms with Gasteiger partial charge in [-0.05, 0) is 44.5 Å². The molecule has 1 N–H and O–H groups in total. The summed E-state index contributed by atoms with van der Waals surface area (Å²) in [6.07, 6.45) is 0. The van der Waals surface area contributed by atoms with Gasteiger partial charge in [0.15, 0.2) is 0 Å². The number of piperazine rings is 1. The Morgan fingerprint density at radius 1 is 1.15 bits per heavy atom. The van der Waals surface area contributed by atoms with Crippen LogP contribution in [-0.4, -0.2) is 48.6 Å². The van der Waals surface area contributed by atoms with Crippen molar-refractivity contribution < 1.29 is 9.53 Å². The van der Waals surface area contributed by atoms with Gasteiger partial charge in [-0.15, -0.1) is 0 Å². The molecule has 0 unspecified atom stereocenters. The van der Waals surface area contributed by atoms with Crippen molar-refractivity contribution in [3.05, 3.63) is 57.5 Å². The Kier molecular flexibility index (Phi) is 5.30. The number of anilines is 1. The number of carbonyl (C=O) groups is 1. The number of aromatic nitrogens is 1. The van der Waals surface area contributed by atoms with E-state index in [0.717, 1.165) is 22.7 Å². The van der Waals surface area contributed by atoms with E-state index in [1.807, 2.05) is 45.0 Å². The zero-order valence-corrected chi connectivity index (χ0v) is 15.5. The molecule has 1 aromatic carbocycles. The molecule has 2 heterocycles. The molecule has 26 heavy (non-hydrogen) atoms. The van der Waals surface area contributed by atoms with Gasteiger partial charge in [0.05, 0.1) is 12.3 Å². The lowest BCUT2D eigenvalue weighted by Crippen LogP contribution is -2.49. The van der Waals surface area contributed by atoms with Crippen molar-refractivity contribution in [1.82, 2.24) is 9.88 Å². The maximum atomic E-state index is 12.8. The summed E-state index contributed by atoms with van der Waals surface area (Å²) in [6.45, 7) is 8.87. The van der Waals surface area contributed by atoms with Crippen molar-refractivity contribution in [2.45, 2.75) is 20.8 Å². The number of aromatic amines is 1. The summed E-state index contributed by atoms with van der Waals surface area (Å²) in [7, 11) is 0. The Morgan fingerprint density at radius 2 is 1.85 bits per heavy atom. The predicted octanol–water partition coefficient (Wildman–Crippen LogP) is 2.35. The molecule has 0 saturated carbocycles. The summed E-state index contributed by atoms with van der Waals surface area (Å²) >= 11 is 0. The molecule has 1 aromatic heterocycles. The van der Waals surface area contributed by atoms with E-state index in [2.05, 4.69) is 9.88 Å². The highest BCUT2D eigenvalue weighted by Crippen LogP contribution is 2.28. The first kappa shape index (κ1) is 18.0. The number of pyridine rings is 1. The Bertz CT molecular complexity index is 852. The van der Waals surface area contributed by atoms with Crippen LogP contribution in [0, 0.1) is 13.8 Å². The number of amides is 1. The number of hydrogen-bond acceptors (Lipinski definition) is 4. The molecular formula is C20H25N3O3. The third-order valence-electron chi connectivity index (χ3n) is 4.80. The Balaban J connectivity index is 1.72. The van der Waals surface area contributed by atoms with Gasteiger partial charge in [0.1, 0.15) is 11.3 Å². The fraction of sp³-hybridized carbons (Fsp3) is 0.400. The van der Waals surface area contributed by atoms with Crippen LogP contribution in [0.1, 0.15) is 28.5 Å². The minimum atomic E-state index is -0.317. The molecular weight excluding hydrogens is 330 g/mol. The average Bonchev–Trinajstić information content (AvgIpc) is 2.65. The highest BCUT2D eigenvalue weighted by atomic mass is 16.5. The average molecular weight is 355 g/mol. The molecule has 138 valence electrons. The van der Waals surface area contributed by atoms with Crippen molar-refractivity contribution in [2.75, 3.05) is 37.7 Å². The Hall–Kier alpha value is -2.76. The van der Waals surface area contributed by atoms with E-state index in [9.17, 15) is 9.59 Å². The summed E-state index contributed by atoms with van der Waals surface area (Å²) in [5.41, 5.74) is 2.66. The Morgan fingerprint density at radius 3 is 2.54 bits per heavy atom. The second-order valence-corrected chi connectivity index (χ2v) is 6.50. The molecule has 1 aliphatic heterocycles. The SMILES string of the molecule is CCOc1ccccc1N1CCN(C(=O)c2cc(C)c(C)[nH]c2=O)CC1. The second kappa shape index (κ2) is 7.64. The topological polar surface area (TPSA) is 65.6 Å². The van der Waals surface area contributed by atoms with Crippen LogP contribution in [0.3, 0.4) is 0 Å². The largest absolute Gasteiger partial charge is 0.492 e. The molecule has 1 aliphatic rings. The lowest BCUT2D eigenvalue weighted by molar-refractivity contribution is 0.0744. The predicted molar refractivity (Wildman–Crippen MR) is 102 cm³/mol. The molecule has 3 rings (SSSR count). The number of hydrogen-bond donors (Lipinski definition) is 1. The minimum Gasteiger partial charge on any atom is -0.492 e. The monoisotopic (exact) mass is 355 g/mol. The van der Waals surface area contributed by atoms with E-state index in [-0.39, 0.29) is 17.0 Å². The molecule has 0 atom stereocenters. The van der Waals surface area contributed by atoms with Crippen LogP contribution in [0.5, 0.6) is 5.75 Å². The molecule has 1 amide bonds. The summed E-state index contributed by atoms with van der Waals surface area (Å²) in [6, 6.07) is 9.64. The number of benzene rings is 1. The van der Waals surface area contributed by atoms with Crippen molar-refractivity contribution in [3.63, 3.8) is 0 Å². The van der Waals surface area contributed by atoms with Gasteiger partial charge in [-0.3, -0.25) is 9.59 Å². The van der Waals surface area contributed by atoms with Gasteiger partial charge in [-0.1, -0.05) is 12.1 Å². The van der Waals surface area contributed by atoms with Crippen molar-refractivity contribution in [2.24, 2.45) is 0 Å². The molecule has 2 aromatic rings. The number of nitrogens with zero attached hydrogens (tertiary/aromatic N) is 2. The van der Waals surface area contributed by atoms with Crippen LogP contribution in [0.15, 0.2) is 35.1 Å². The molecule has 6 heteroatoms. The van der Waals surface area contributed by atoms with E-state index < -0.39 is 0 Å². The van der Waals surface area contributed by atoms with Gasteiger partial charge < -0.3 is 19.5 Å². The highest BCUT2D eigenvalue weighted by Gasteiger charge is 2.25. The third-order valence-corrected chi connectivity index (χ3v) is 4.80.